The molecule has 2 heterocycles. The Morgan fingerprint density at radius 2 is 1.07 bits per heavy atom. The van der Waals surface area contributed by atoms with E-state index in [2.05, 4.69) is 183 Å². The molecular formula is C51H35NOS. The van der Waals surface area contributed by atoms with Crippen molar-refractivity contribution >= 4 is 70.5 Å². The van der Waals surface area contributed by atoms with Gasteiger partial charge in [-0.3, -0.25) is 0 Å². The van der Waals surface area contributed by atoms with Crippen molar-refractivity contribution in [3.63, 3.8) is 0 Å². The summed E-state index contributed by atoms with van der Waals surface area (Å²) in [5, 5.41) is 4.90. The summed E-state index contributed by atoms with van der Waals surface area (Å²) >= 11 is 1.87. The highest BCUT2D eigenvalue weighted by atomic mass is 32.1. The normalized spacial score (nSPS) is 13.1. The lowest BCUT2D eigenvalue weighted by Crippen LogP contribution is -2.16. The van der Waals surface area contributed by atoms with Gasteiger partial charge in [0.25, 0.3) is 0 Å². The molecule has 2 aromatic heterocycles. The maximum atomic E-state index is 6.35. The molecule has 10 aromatic rings. The van der Waals surface area contributed by atoms with Crippen LogP contribution in [0.2, 0.25) is 0 Å². The van der Waals surface area contributed by atoms with Crippen molar-refractivity contribution in [1.82, 2.24) is 0 Å². The molecule has 11 rings (SSSR count). The Balaban J connectivity index is 1.01. The van der Waals surface area contributed by atoms with Gasteiger partial charge in [0.05, 0.1) is 10.4 Å². The maximum Gasteiger partial charge on any atom is 0.143 e. The van der Waals surface area contributed by atoms with Crippen molar-refractivity contribution in [2.45, 2.75) is 19.3 Å². The van der Waals surface area contributed by atoms with E-state index in [1.54, 1.807) is 0 Å². The average molecular weight is 710 g/mol. The topological polar surface area (TPSA) is 16.4 Å². The van der Waals surface area contributed by atoms with Crippen molar-refractivity contribution in [3.05, 3.63) is 187 Å². The third-order valence-electron chi connectivity index (χ3n) is 11.5. The van der Waals surface area contributed by atoms with Gasteiger partial charge < -0.3 is 9.32 Å². The second-order valence-corrected chi connectivity index (χ2v) is 15.9. The summed E-state index contributed by atoms with van der Waals surface area (Å²) in [6, 6.07) is 64.1. The number of benzene rings is 8. The van der Waals surface area contributed by atoms with E-state index in [1.807, 2.05) is 23.5 Å². The van der Waals surface area contributed by atoms with Crippen molar-refractivity contribution in [1.29, 1.82) is 0 Å². The summed E-state index contributed by atoms with van der Waals surface area (Å²) in [6.07, 6.45) is 0. The van der Waals surface area contributed by atoms with E-state index in [9.17, 15) is 0 Å². The molecule has 0 amide bonds. The molecule has 0 saturated heterocycles. The van der Waals surface area contributed by atoms with Crippen LogP contribution in [0.25, 0.3) is 75.5 Å². The van der Waals surface area contributed by atoms with Gasteiger partial charge in [0.15, 0.2) is 0 Å². The molecule has 0 fully saturated rings. The van der Waals surface area contributed by atoms with Gasteiger partial charge in [-0.2, -0.15) is 0 Å². The SMILES string of the molecule is CC1(C)c2ccccc2-c2ccc(N(c3ccc(-c4ccc(-c5cccc6c5oc5ccccc56)cc4)cc3)c3cccc4c3sc3ccccc34)cc21. The van der Waals surface area contributed by atoms with Crippen molar-refractivity contribution < 1.29 is 4.42 Å². The van der Waals surface area contributed by atoms with Crippen molar-refractivity contribution in [3.8, 4) is 33.4 Å². The largest absolute Gasteiger partial charge is 0.455 e. The number of para-hydroxylation sites is 2. The summed E-state index contributed by atoms with van der Waals surface area (Å²) in [7, 11) is 0. The third-order valence-corrected chi connectivity index (χ3v) is 12.7. The van der Waals surface area contributed by atoms with E-state index in [4.69, 9.17) is 4.42 Å². The zero-order chi connectivity index (χ0) is 36.0. The molecule has 0 spiro atoms. The standard InChI is InChI=1S/C51H35NOS/c1-51(2)44-17-6-3-11-38(44)39-30-29-36(31-45(39)51)52(46-18-10-16-43-41-13-5-8-20-48(41)54-50(43)46)35-27-25-33(26-28-35)32-21-23-34(24-22-32)37-14-9-15-42-40-12-4-7-19-47(40)53-49(37)42/h3-31H,1-2H3. The summed E-state index contributed by atoms with van der Waals surface area (Å²) in [5.74, 6) is 0. The van der Waals surface area contributed by atoms with Crippen LogP contribution in [0.15, 0.2) is 180 Å². The quantitative estimate of drug-likeness (QED) is 0.177. The van der Waals surface area contributed by atoms with Gasteiger partial charge in [0, 0.05) is 48.6 Å². The lowest BCUT2D eigenvalue weighted by Gasteiger charge is -2.28. The van der Waals surface area contributed by atoms with E-state index in [-0.39, 0.29) is 5.41 Å². The van der Waals surface area contributed by atoms with Crippen molar-refractivity contribution in [2.24, 2.45) is 0 Å². The lowest BCUT2D eigenvalue weighted by atomic mass is 9.82. The Kier molecular flexibility index (Phi) is 6.80. The van der Waals surface area contributed by atoms with Crippen LogP contribution in [0.4, 0.5) is 17.1 Å². The number of anilines is 3. The van der Waals surface area contributed by atoms with Gasteiger partial charge in [-0.25, -0.2) is 0 Å². The first-order valence-electron chi connectivity index (χ1n) is 18.6. The van der Waals surface area contributed by atoms with Crippen molar-refractivity contribution in [2.75, 3.05) is 4.90 Å². The minimum atomic E-state index is -0.0941. The average Bonchev–Trinajstić information content (AvgIpc) is 3.87. The third kappa shape index (κ3) is 4.65. The fourth-order valence-electron chi connectivity index (χ4n) is 8.79. The fraction of sp³-hybridized carbons (Fsp3) is 0.0588. The zero-order valence-electron chi connectivity index (χ0n) is 30.0. The predicted molar refractivity (Wildman–Crippen MR) is 230 cm³/mol. The molecular weight excluding hydrogens is 675 g/mol. The summed E-state index contributed by atoms with van der Waals surface area (Å²) in [4.78, 5) is 2.46. The summed E-state index contributed by atoms with van der Waals surface area (Å²) in [5.41, 5.74) is 15.3. The first-order valence-corrected chi connectivity index (χ1v) is 19.4. The molecule has 0 bridgehead atoms. The second-order valence-electron chi connectivity index (χ2n) is 14.9. The maximum absolute atomic E-state index is 6.35. The number of thiophene rings is 1. The Morgan fingerprint density at radius 1 is 0.463 bits per heavy atom. The smallest absolute Gasteiger partial charge is 0.143 e. The second kappa shape index (κ2) is 11.8. The van der Waals surface area contributed by atoms with Crippen LogP contribution in [0.3, 0.4) is 0 Å². The molecule has 1 aliphatic rings. The molecule has 0 N–H and O–H groups in total. The predicted octanol–water partition coefficient (Wildman–Crippen LogP) is 15.1. The van der Waals surface area contributed by atoms with E-state index in [0.29, 0.717) is 0 Å². The van der Waals surface area contributed by atoms with Gasteiger partial charge in [-0.15, -0.1) is 11.3 Å². The molecule has 2 nitrogen and oxygen atoms in total. The highest BCUT2D eigenvalue weighted by Crippen LogP contribution is 2.52. The summed E-state index contributed by atoms with van der Waals surface area (Å²) in [6.45, 7) is 4.71. The number of rotatable bonds is 5. The van der Waals surface area contributed by atoms with Crippen LogP contribution in [0.5, 0.6) is 0 Å². The molecule has 0 radical (unpaired) electrons. The molecule has 256 valence electrons. The highest BCUT2D eigenvalue weighted by molar-refractivity contribution is 7.26. The highest BCUT2D eigenvalue weighted by Gasteiger charge is 2.36. The van der Waals surface area contributed by atoms with Crippen LogP contribution < -0.4 is 4.90 Å². The first kappa shape index (κ1) is 31.1. The van der Waals surface area contributed by atoms with E-state index < -0.39 is 0 Å². The zero-order valence-corrected chi connectivity index (χ0v) is 30.8. The van der Waals surface area contributed by atoms with E-state index >= 15 is 0 Å². The molecule has 3 heteroatoms. The Hall–Kier alpha value is -6.42. The number of furan rings is 1. The Bertz CT molecular complexity index is 3070. The lowest BCUT2D eigenvalue weighted by molar-refractivity contribution is 0.660. The minimum Gasteiger partial charge on any atom is -0.455 e. The molecule has 1 aliphatic carbocycles. The van der Waals surface area contributed by atoms with Gasteiger partial charge in [-0.05, 0) is 81.4 Å². The van der Waals surface area contributed by atoms with Gasteiger partial charge in [0.2, 0.25) is 0 Å². The molecule has 54 heavy (non-hydrogen) atoms. The van der Waals surface area contributed by atoms with Crippen LogP contribution in [0, 0.1) is 0 Å². The first-order chi connectivity index (χ1) is 26.5. The Morgan fingerprint density at radius 3 is 1.93 bits per heavy atom. The van der Waals surface area contributed by atoms with Crippen LogP contribution in [-0.4, -0.2) is 0 Å². The minimum absolute atomic E-state index is 0.0941. The molecule has 0 saturated carbocycles. The Labute approximate surface area is 318 Å². The summed E-state index contributed by atoms with van der Waals surface area (Å²) < 4.78 is 8.95. The van der Waals surface area contributed by atoms with Crippen LogP contribution in [-0.2, 0) is 5.41 Å². The van der Waals surface area contributed by atoms with Gasteiger partial charge in [0.1, 0.15) is 11.2 Å². The molecule has 8 aromatic carbocycles. The molecule has 0 unspecified atom stereocenters. The van der Waals surface area contributed by atoms with Crippen LogP contribution in [0.1, 0.15) is 25.0 Å². The monoisotopic (exact) mass is 709 g/mol. The van der Waals surface area contributed by atoms with E-state index in [0.717, 1.165) is 44.4 Å². The fourth-order valence-corrected chi connectivity index (χ4v) is 9.99. The van der Waals surface area contributed by atoms with Gasteiger partial charge >= 0.3 is 0 Å². The number of nitrogens with zero attached hydrogens (tertiary/aromatic N) is 1. The number of hydrogen-bond donors (Lipinski definition) is 0. The number of hydrogen-bond acceptors (Lipinski definition) is 3. The van der Waals surface area contributed by atoms with Gasteiger partial charge in [-0.1, -0.05) is 147 Å². The van der Waals surface area contributed by atoms with E-state index in [1.165, 1.54) is 59.2 Å². The molecule has 0 atom stereocenters. The van der Waals surface area contributed by atoms with Crippen LogP contribution >= 0.6 is 11.3 Å². The molecule has 0 aliphatic heterocycles. The number of fused-ring (bicyclic) bond motifs is 9.